The summed E-state index contributed by atoms with van der Waals surface area (Å²) in [6.07, 6.45) is -0.545. The highest BCUT2D eigenvalue weighted by atomic mass is 19.1. The van der Waals surface area contributed by atoms with Crippen LogP contribution in [0.4, 0.5) is 14.9 Å². The van der Waals surface area contributed by atoms with Gasteiger partial charge in [-0.1, -0.05) is 6.07 Å². The lowest BCUT2D eigenvalue weighted by molar-refractivity contribution is -0.0140. The van der Waals surface area contributed by atoms with Gasteiger partial charge >= 0.3 is 6.09 Å². The van der Waals surface area contributed by atoms with Crippen molar-refractivity contribution in [2.24, 2.45) is 0 Å². The lowest BCUT2D eigenvalue weighted by Crippen LogP contribution is -2.49. The van der Waals surface area contributed by atoms with E-state index in [1.165, 1.54) is 29.2 Å². The number of aryl methyl sites for hydroxylation is 2. The Labute approximate surface area is 196 Å². The molecule has 1 aromatic heterocycles. The predicted octanol–water partition coefficient (Wildman–Crippen LogP) is 3.50. The molecule has 1 spiro atoms. The van der Waals surface area contributed by atoms with Crippen LogP contribution < -0.4 is 4.90 Å². The number of aromatic nitrogens is 2. The number of hydrogen-bond acceptors (Lipinski definition) is 5. The van der Waals surface area contributed by atoms with Gasteiger partial charge in [-0.2, -0.15) is 5.10 Å². The van der Waals surface area contributed by atoms with Crippen molar-refractivity contribution in [2.45, 2.75) is 19.4 Å². The van der Waals surface area contributed by atoms with Crippen molar-refractivity contribution in [3.05, 3.63) is 77.4 Å². The molecule has 0 N–H and O–H groups in total. The summed E-state index contributed by atoms with van der Waals surface area (Å²) in [6, 6.07) is 14.9. The molecule has 9 heteroatoms. The second-order valence-corrected chi connectivity index (χ2v) is 8.78. The van der Waals surface area contributed by atoms with Crippen LogP contribution in [0, 0.1) is 19.7 Å². The highest BCUT2D eigenvalue weighted by Gasteiger charge is 2.49. The lowest BCUT2D eigenvalue weighted by Gasteiger charge is -2.29. The quantitative estimate of drug-likeness (QED) is 0.593. The van der Waals surface area contributed by atoms with Crippen molar-refractivity contribution in [3.8, 4) is 5.69 Å². The Hall–Kier alpha value is -3.72. The smallest absolute Gasteiger partial charge is 0.415 e. The topological polar surface area (TPSA) is 76.9 Å². The Bertz CT molecular complexity index is 1240. The number of rotatable bonds is 3. The van der Waals surface area contributed by atoms with Crippen molar-refractivity contribution in [1.29, 1.82) is 0 Å². The monoisotopic (exact) mass is 464 g/mol. The molecule has 0 bridgehead atoms. The van der Waals surface area contributed by atoms with Gasteiger partial charge in [0.25, 0.3) is 5.91 Å². The molecule has 2 fully saturated rings. The molecule has 8 nitrogen and oxygen atoms in total. The summed E-state index contributed by atoms with van der Waals surface area (Å²) in [5.74, 6) is -0.562. The van der Waals surface area contributed by atoms with Gasteiger partial charge in [-0.15, -0.1) is 0 Å². The summed E-state index contributed by atoms with van der Waals surface area (Å²) in [5.41, 5.74) is 2.71. The molecule has 3 heterocycles. The molecule has 3 aromatic rings. The molecule has 0 saturated carbocycles. The maximum absolute atomic E-state index is 13.5. The molecule has 0 unspecified atom stereocenters. The van der Waals surface area contributed by atoms with Crippen molar-refractivity contribution >= 4 is 17.7 Å². The first-order valence-electron chi connectivity index (χ1n) is 11.1. The largest absolute Gasteiger partial charge is 0.436 e. The molecule has 176 valence electrons. The predicted molar refractivity (Wildman–Crippen MR) is 123 cm³/mol. The maximum Gasteiger partial charge on any atom is 0.415 e. The standard InChI is InChI=1S/C25H25FN4O4/c1-17-12-18(2)30(27-17)22-5-3-4-19(13-22)23(31)28-10-11-33-16-25(14-28)15-29(24(32)34-25)21-8-6-20(26)7-9-21/h3-9,12-13H,10-11,14-16H2,1-2H3/t25-/m0/s1. The zero-order valence-electron chi connectivity index (χ0n) is 19.0. The van der Waals surface area contributed by atoms with E-state index >= 15 is 0 Å². The summed E-state index contributed by atoms with van der Waals surface area (Å²) >= 11 is 0. The Morgan fingerprint density at radius 1 is 1.06 bits per heavy atom. The van der Waals surface area contributed by atoms with Gasteiger partial charge in [0.15, 0.2) is 5.60 Å². The van der Waals surface area contributed by atoms with Crippen LogP contribution in [0.1, 0.15) is 21.7 Å². The summed E-state index contributed by atoms with van der Waals surface area (Å²) in [4.78, 5) is 29.3. The van der Waals surface area contributed by atoms with Crippen molar-refractivity contribution in [2.75, 3.05) is 37.7 Å². The van der Waals surface area contributed by atoms with Gasteiger partial charge in [0.1, 0.15) is 5.82 Å². The minimum atomic E-state index is -1.01. The van der Waals surface area contributed by atoms with E-state index in [1.54, 1.807) is 15.6 Å². The number of benzene rings is 2. The third kappa shape index (κ3) is 4.14. The van der Waals surface area contributed by atoms with Gasteiger partial charge in [-0.3, -0.25) is 9.69 Å². The summed E-state index contributed by atoms with van der Waals surface area (Å²) in [6.45, 7) is 5.16. The first kappa shape index (κ1) is 22.1. The van der Waals surface area contributed by atoms with Gasteiger partial charge in [0.05, 0.1) is 37.7 Å². The van der Waals surface area contributed by atoms with E-state index in [0.717, 1.165) is 17.1 Å². The fourth-order valence-electron chi connectivity index (χ4n) is 4.52. The first-order valence-corrected chi connectivity index (χ1v) is 11.1. The zero-order valence-corrected chi connectivity index (χ0v) is 19.0. The van der Waals surface area contributed by atoms with E-state index in [4.69, 9.17) is 9.47 Å². The number of hydrogen-bond donors (Lipinski definition) is 0. The molecular weight excluding hydrogens is 439 g/mol. The number of carbonyl (C=O) groups excluding carboxylic acids is 2. The van der Waals surface area contributed by atoms with Crippen molar-refractivity contribution in [1.82, 2.24) is 14.7 Å². The molecular formula is C25H25FN4O4. The van der Waals surface area contributed by atoms with Gasteiger partial charge in [-0.25, -0.2) is 13.9 Å². The first-order chi connectivity index (χ1) is 16.3. The highest BCUT2D eigenvalue weighted by Crippen LogP contribution is 2.31. The second kappa shape index (κ2) is 8.57. The third-order valence-electron chi connectivity index (χ3n) is 6.09. The van der Waals surface area contributed by atoms with Crippen LogP contribution in [0.3, 0.4) is 0 Å². The van der Waals surface area contributed by atoms with Crippen LogP contribution in [0.2, 0.25) is 0 Å². The number of amides is 2. The zero-order chi connectivity index (χ0) is 23.9. The maximum atomic E-state index is 13.5. The second-order valence-electron chi connectivity index (χ2n) is 8.78. The average Bonchev–Trinajstić information content (AvgIpc) is 3.24. The van der Waals surface area contributed by atoms with Crippen LogP contribution in [-0.2, 0) is 9.47 Å². The Morgan fingerprint density at radius 3 is 2.59 bits per heavy atom. The van der Waals surface area contributed by atoms with Crippen LogP contribution in [0.5, 0.6) is 0 Å². The molecule has 0 aliphatic carbocycles. The van der Waals surface area contributed by atoms with Crippen molar-refractivity contribution in [3.63, 3.8) is 0 Å². The number of halogens is 1. The molecule has 5 rings (SSSR count). The summed E-state index contributed by atoms with van der Waals surface area (Å²) in [7, 11) is 0. The fraction of sp³-hybridized carbons (Fsp3) is 0.320. The average molecular weight is 464 g/mol. The molecule has 2 aromatic carbocycles. The molecule has 1 atom stereocenters. The Balaban J connectivity index is 1.38. The van der Waals surface area contributed by atoms with E-state index in [2.05, 4.69) is 5.10 Å². The van der Waals surface area contributed by atoms with E-state index in [1.807, 2.05) is 38.1 Å². The number of ether oxygens (including phenoxy) is 2. The number of nitrogens with zero attached hydrogens (tertiary/aromatic N) is 4. The summed E-state index contributed by atoms with van der Waals surface area (Å²) in [5, 5.41) is 4.50. The van der Waals surface area contributed by atoms with E-state index in [-0.39, 0.29) is 31.4 Å². The Morgan fingerprint density at radius 2 is 1.85 bits per heavy atom. The molecule has 34 heavy (non-hydrogen) atoms. The van der Waals surface area contributed by atoms with E-state index < -0.39 is 11.7 Å². The minimum absolute atomic E-state index is 0.173. The summed E-state index contributed by atoms with van der Waals surface area (Å²) < 4.78 is 26.6. The minimum Gasteiger partial charge on any atom is -0.436 e. The van der Waals surface area contributed by atoms with Crippen LogP contribution >= 0.6 is 0 Å². The van der Waals surface area contributed by atoms with Gasteiger partial charge in [0, 0.05) is 23.5 Å². The van der Waals surface area contributed by atoms with Gasteiger partial charge < -0.3 is 14.4 Å². The van der Waals surface area contributed by atoms with E-state index in [0.29, 0.717) is 24.4 Å². The highest BCUT2D eigenvalue weighted by molar-refractivity contribution is 5.95. The fourth-order valence-corrected chi connectivity index (χ4v) is 4.52. The molecule has 2 aliphatic heterocycles. The molecule has 2 saturated heterocycles. The third-order valence-corrected chi connectivity index (χ3v) is 6.09. The van der Waals surface area contributed by atoms with E-state index in [9.17, 15) is 14.0 Å². The molecule has 2 amide bonds. The molecule has 0 radical (unpaired) electrons. The lowest BCUT2D eigenvalue weighted by atomic mass is 10.0. The van der Waals surface area contributed by atoms with Gasteiger partial charge in [0.2, 0.25) is 0 Å². The van der Waals surface area contributed by atoms with Gasteiger partial charge in [-0.05, 0) is 62.4 Å². The van der Waals surface area contributed by atoms with Crippen LogP contribution in [0.15, 0.2) is 54.6 Å². The number of anilines is 1. The normalized spacial score (nSPS) is 20.5. The Kier molecular flexibility index (Phi) is 5.57. The molecule has 2 aliphatic rings. The van der Waals surface area contributed by atoms with Crippen molar-refractivity contribution < 1.29 is 23.5 Å². The SMILES string of the molecule is Cc1cc(C)n(-c2cccc(C(=O)N3CCOC[C@]4(C3)CN(c3ccc(F)cc3)C(=O)O4)c2)n1. The number of carbonyl (C=O) groups is 2. The van der Waals surface area contributed by atoms with Crippen LogP contribution in [-0.4, -0.2) is 65.1 Å². The van der Waals surface area contributed by atoms with Crippen LogP contribution in [0.25, 0.3) is 5.69 Å².